The van der Waals surface area contributed by atoms with Gasteiger partial charge >= 0.3 is 5.97 Å². The summed E-state index contributed by atoms with van der Waals surface area (Å²) >= 11 is 0. The van der Waals surface area contributed by atoms with E-state index < -0.39 is 24.3 Å². The zero-order valence-electron chi connectivity index (χ0n) is 13.5. The number of carbonyl (C=O) groups excluding carboxylic acids is 2. The van der Waals surface area contributed by atoms with Crippen LogP contribution in [0.15, 0.2) is 42.6 Å². The summed E-state index contributed by atoms with van der Waals surface area (Å²) in [5.41, 5.74) is 2.68. The molecule has 0 spiro atoms. The lowest BCUT2D eigenvalue weighted by molar-refractivity contribution is -0.146. The lowest BCUT2D eigenvalue weighted by Crippen LogP contribution is -2.22. The van der Waals surface area contributed by atoms with Gasteiger partial charge in [-0.05, 0) is 30.7 Å². The van der Waals surface area contributed by atoms with E-state index in [1.54, 1.807) is 0 Å². The number of nitrogens with one attached hydrogen (secondary N) is 2. The van der Waals surface area contributed by atoms with Gasteiger partial charge in [0.25, 0.3) is 5.91 Å². The van der Waals surface area contributed by atoms with Crippen LogP contribution in [0, 0.1) is 12.7 Å². The third-order valence-corrected chi connectivity index (χ3v) is 3.71. The van der Waals surface area contributed by atoms with Crippen molar-refractivity contribution in [2.24, 2.45) is 0 Å². The van der Waals surface area contributed by atoms with Gasteiger partial charge in [-0.3, -0.25) is 9.59 Å². The van der Waals surface area contributed by atoms with Gasteiger partial charge in [-0.25, -0.2) is 9.37 Å². The molecule has 7 heteroatoms. The predicted octanol–water partition coefficient (Wildman–Crippen LogP) is 2.73. The summed E-state index contributed by atoms with van der Waals surface area (Å²) in [5.74, 6) is -1.35. The van der Waals surface area contributed by atoms with E-state index in [1.165, 1.54) is 12.1 Å². The van der Waals surface area contributed by atoms with Gasteiger partial charge in [-0.1, -0.05) is 18.2 Å². The van der Waals surface area contributed by atoms with Crippen LogP contribution in [-0.2, 0) is 20.7 Å². The summed E-state index contributed by atoms with van der Waals surface area (Å²) in [6.45, 7) is 1.45. The van der Waals surface area contributed by atoms with Crippen molar-refractivity contribution in [1.29, 1.82) is 0 Å². The number of ether oxygens (including phenoxy) is 1. The molecule has 3 rings (SSSR count). The van der Waals surface area contributed by atoms with Gasteiger partial charge in [-0.15, -0.1) is 0 Å². The number of aryl methyl sites for hydroxylation is 1. The number of para-hydroxylation sites is 1. The Balaban J connectivity index is 1.56. The molecule has 2 aromatic heterocycles. The monoisotopic (exact) mass is 341 g/mol. The van der Waals surface area contributed by atoms with Gasteiger partial charge in [0.15, 0.2) is 6.61 Å². The number of fused-ring (bicyclic) bond motifs is 1. The average Bonchev–Trinajstić information content (AvgIpc) is 2.91. The molecule has 0 radical (unpaired) electrons. The molecule has 0 aliphatic carbocycles. The molecule has 1 aromatic carbocycles. The van der Waals surface area contributed by atoms with Crippen molar-refractivity contribution >= 4 is 28.6 Å². The Hall–Kier alpha value is -3.22. The van der Waals surface area contributed by atoms with Crippen LogP contribution >= 0.6 is 0 Å². The standard InChI is InChI=1S/C18H16FN3O3/c1-11-14(13-4-2-3-5-15(13)21-11)8-18(24)25-10-17(23)22-16-7-6-12(19)9-20-16/h2-7,9,21H,8,10H2,1H3,(H,20,22,23). The number of nitrogens with zero attached hydrogens (tertiary/aromatic N) is 1. The Labute approximate surface area is 143 Å². The Morgan fingerprint density at radius 1 is 1.24 bits per heavy atom. The van der Waals surface area contributed by atoms with Crippen LogP contribution in [0.1, 0.15) is 11.3 Å². The topological polar surface area (TPSA) is 84.1 Å². The zero-order valence-corrected chi connectivity index (χ0v) is 13.5. The van der Waals surface area contributed by atoms with Crippen LogP contribution in [0.2, 0.25) is 0 Å². The molecule has 25 heavy (non-hydrogen) atoms. The maximum Gasteiger partial charge on any atom is 0.310 e. The van der Waals surface area contributed by atoms with E-state index in [0.29, 0.717) is 0 Å². The lowest BCUT2D eigenvalue weighted by Gasteiger charge is -2.06. The number of esters is 1. The summed E-state index contributed by atoms with van der Waals surface area (Å²) in [6, 6.07) is 10.2. The van der Waals surface area contributed by atoms with E-state index in [0.717, 1.165) is 28.4 Å². The second-order valence-electron chi connectivity index (χ2n) is 5.52. The van der Waals surface area contributed by atoms with Gasteiger partial charge in [0, 0.05) is 16.6 Å². The largest absolute Gasteiger partial charge is 0.455 e. The molecule has 128 valence electrons. The number of amides is 1. The number of pyridine rings is 1. The maximum atomic E-state index is 12.8. The van der Waals surface area contributed by atoms with Gasteiger partial charge in [-0.2, -0.15) is 0 Å². The molecular weight excluding hydrogens is 325 g/mol. The van der Waals surface area contributed by atoms with E-state index in [2.05, 4.69) is 15.3 Å². The van der Waals surface area contributed by atoms with Crippen molar-refractivity contribution in [2.75, 3.05) is 11.9 Å². The first-order chi connectivity index (χ1) is 12.0. The highest BCUT2D eigenvalue weighted by Gasteiger charge is 2.14. The van der Waals surface area contributed by atoms with Crippen LogP contribution in [0.4, 0.5) is 10.2 Å². The highest BCUT2D eigenvalue weighted by Crippen LogP contribution is 2.22. The second kappa shape index (κ2) is 7.12. The number of aromatic nitrogens is 2. The fraction of sp³-hybridized carbons (Fsp3) is 0.167. The molecule has 0 atom stereocenters. The molecule has 0 fully saturated rings. The van der Waals surface area contributed by atoms with Gasteiger partial charge in [0.1, 0.15) is 11.6 Å². The van der Waals surface area contributed by atoms with E-state index in [9.17, 15) is 14.0 Å². The van der Waals surface area contributed by atoms with E-state index in [-0.39, 0.29) is 12.2 Å². The SMILES string of the molecule is Cc1[nH]c2ccccc2c1CC(=O)OCC(=O)Nc1ccc(F)cn1. The van der Waals surface area contributed by atoms with E-state index >= 15 is 0 Å². The zero-order chi connectivity index (χ0) is 17.8. The summed E-state index contributed by atoms with van der Waals surface area (Å²) in [7, 11) is 0. The summed E-state index contributed by atoms with van der Waals surface area (Å²) in [4.78, 5) is 30.7. The third kappa shape index (κ3) is 4.00. The highest BCUT2D eigenvalue weighted by atomic mass is 19.1. The minimum atomic E-state index is -0.539. The first-order valence-corrected chi connectivity index (χ1v) is 7.66. The molecule has 0 saturated heterocycles. The Kier molecular flexibility index (Phi) is 4.74. The van der Waals surface area contributed by atoms with Crippen LogP contribution in [0.3, 0.4) is 0 Å². The molecule has 0 aliphatic rings. The van der Waals surface area contributed by atoms with Crippen LogP contribution in [0.5, 0.6) is 0 Å². The first-order valence-electron chi connectivity index (χ1n) is 7.66. The fourth-order valence-electron chi connectivity index (χ4n) is 2.53. The number of rotatable bonds is 5. The van der Waals surface area contributed by atoms with Gasteiger partial charge < -0.3 is 15.0 Å². The van der Waals surface area contributed by atoms with Crippen LogP contribution in [-0.4, -0.2) is 28.5 Å². The molecule has 2 N–H and O–H groups in total. The number of hydrogen-bond donors (Lipinski definition) is 2. The third-order valence-electron chi connectivity index (χ3n) is 3.71. The van der Waals surface area contributed by atoms with Crippen molar-refractivity contribution in [1.82, 2.24) is 9.97 Å². The molecule has 0 aliphatic heterocycles. The van der Waals surface area contributed by atoms with Crippen molar-refractivity contribution < 1.29 is 18.7 Å². The minimum absolute atomic E-state index is 0.0674. The molecule has 1 amide bonds. The maximum absolute atomic E-state index is 12.8. The van der Waals surface area contributed by atoms with E-state index in [4.69, 9.17) is 4.74 Å². The number of H-pyrrole nitrogens is 1. The smallest absolute Gasteiger partial charge is 0.310 e. The molecule has 2 heterocycles. The Morgan fingerprint density at radius 2 is 2.04 bits per heavy atom. The average molecular weight is 341 g/mol. The van der Waals surface area contributed by atoms with Crippen molar-refractivity contribution in [3.05, 3.63) is 59.7 Å². The van der Waals surface area contributed by atoms with Crippen molar-refractivity contribution in [3.8, 4) is 0 Å². The van der Waals surface area contributed by atoms with Crippen molar-refractivity contribution in [3.63, 3.8) is 0 Å². The number of hydrogen-bond acceptors (Lipinski definition) is 4. The van der Waals surface area contributed by atoms with Crippen LogP contribution in [0.25, 0.3) is 10.9 Å². The number of aromatic amines is 1. The van der Waals surface area contributed by atoms with E-state index in [1.807, 2.05) is 31.2 Å². The molecular formula is C18H16FN3O3. The summed E-state index contributed by atoms with van der Waals surface area (Å²) in [5, 5.41) is 3.38. The van der Waals surface area contributed by atoms with Gasteiger partial charge in [0.05, 0.1) is 12.6 Å². The Morgan fingerprint density at radius 3 is 2.80 bits per heavy atom. The predicted molar refractivity (Wildman–Crippen MR) is 90.5 cm³/mol. The fourth-order valence-corrected chi connectivity index (χ4v) is 2.53. The highest BCUT2D eigenvalue weighted by molar-refractivity contribution is 5.93. The summed E-state index contributed by atoms with van der Waals surface area (Å²) in [6.07, 6.45) is 1.05. The molecule has 0 bridgehead atoms. The normalized spacial score (nSPS) is 10.6. The number of anilines is 1. The van der Waals surface area contributed by atoms with Crippen molar-refractivity contribution in [2.45, 2.75) is 13.3 Å². The molecule has 0 unspecified atom stereocenters. The molecule has 6 nitrogen and oxygen atoms in total. The number of benzene rings is 1. The number of carbonyl (C=O) groups is 2. The second-order valence-corrected chi connectivity index (χ2v) is 5.52. The Bertz CT molecular complexity index is 919. The first kappa shape index (κ1) is 16.6. The quantitative estimate of drug-likeness (QED) is 0.699. The lowest BCUT2D eigenvalue weighted by atomic mass is 10.1. The van der Waals surface area contributed by atoms with Gasteiger partial charge in [0.2, 0.25) is 0 Å². The van der Waals surface area contributed by atoms with Crippen LogP contribution < -0.4 is 5.32 Å². The molecule has 3 aromatic rings. The number of halogens is 1. The molecule has 0 saturated carbocycles. The minimum Gasteiger partial charge on any atom is -0.455 e. The summed E-state index contributed by atoms with van der Waals surface area (Å²) < 4.78 is 17.8.